The predicted octanol–water partition coefficient (Wildman–Crippen LogP) is 2.08. The molecule has 3 rings (SSSR count). The van der Waals surface area contributed by atoms with E-state index in [-0.39, 0.29) is 28.2 Å². The van der Waals surface area contributed by atoms with Crippen molar-refractivity contribution in [2.24, 2.45) is 0 Å². The van der Waals surface area contributed by atoms with Gasteiger partial charge >= 0.3 is 5.97 Å². The quantitative estimate of drug-likeness (QED) is 0.673. The lowest BCUT2D eigenvalue weighted by molar-refractivity contribution is -0.129. The number of methoxy groups -OCH3 is 1. The summed E-state index contributed by atoms with van der Waals surface area (Å²) in [6, 6.07) is 4.26. The average Bonchev–Trinajstić information content (AvgIpc) is 3.41. The fourth-order valence-corrected chi connectivity index (χ4v) is 5.44. The maximum Gasteiger partial charge on any atom is 0.338 e. The number of nitrogens with zero attached hydrogens (tertiary/aromatic N) is 1. The third-order valence-corrected chi connectivity index (χ3v) is 7.36. The smallest absolute Gasteiger partial charge is 0.338 e. The van der Waals surface area contributed by atoms with Gasteiger partial charge in [-0.15, -0.1) is 0 Å². The van der Waals surface area contributed by atoms with Crippen molar-refractivity contribution in [1.29, 1.82) is 0 Å². The van der Waals surface area contributed by atoms with Crippen molar-refractivity contribution in [3.8, 4) is 5.75 Å². The predicted molar refractivity (Wildman–Crippen MR) is 106 cm³/mol. The molecule has 160 valence electrons. The number of rotatable bonds is 7. The molecular formula is C20H28N2O6S. The summed E-state index contributed by atoms with van der Waals surface area (Å²) in [5.74, 6) is -0.927. The van der Waals surface area contributed by atoms with Gasteiger partial charge in [-0.25, -0.2) is 13.2 Å². The lowest BCUT2D eigenvalue weighted by atomic mass is 10.2. The number of carbonyl (C=O) groups is 2. The topological polar surface area (TPSA) is 102 Å². The standard InChI is InChI=1S/C20H28N2O6S/c1-14(19(23)21-16-7-3-4-8-16)28-20(24)15-9-10-17(27-2)18(13-15)29(25,26)22-11-5-6-12-22/h9-10,13-14,16H,3-8,11-12H2,1-2H3,(H,21,23). The van der Waals surface area contributed by atoms with Crippen LogP contribution in [0.25, 0.3) is 0 Å². The summed E-state index contributed by atoms with van der Waals surface area (Å²) in [6.45, 7) is 2.39. The monoisotopic (exact) mass is 424 g/mol. The first kappa shape index (κ1) is 21.6. The summed E-state index contributed by atoms with van der Waals surface area (Å²) in [5, 5.41) is 2.89. The van der Waals surface area contributed by atoms with Crippen LogP contribution >= 0.6 is 0 Å². The molecule has 0 aromatic heterocycles. The van der Waals surface area contributed by atoms with Crippen molar-refractivity contribution in [3.05, 3.63) is 23.8 Å². The Hall–Kier alpha value is -2.13. The maximum absolute atomic E-state index is 12.9. The van der Waals surface area contributed by atoms with Crippen molar-refractivity contribution in [3.63, 3.8) is 0 Å². The molecule has 8 nitrogen and oxygen atoms in total. The fourth-order valence-electron chi connectivity index (χ4n) is 3.74. The molecule has 1 aromatic rings. The minimum atomic E-state index is -3.78. The zero-order valence-corrected chi connectivity index (χ0v) is 17.7. The van der Waals surface area contributed by atoms with E-state index in [1.165, 1.54) is 36.5 Å². The molecule has 1 atom stereocenters. The van der Waals surface area contributed by atoms with E-state index in [9.17, 15) is 18.0 Å². The van der Waals surface area contributed by atoms with Crippen molar-refractivity contribution in [1.82, 2.24) is 9.62 Å². The Kier molecular flexibility index (Phi) is 6.79. The molecule has 9 heteroatoms. The second-order valence-corrected chi connectivity index (χ2v) is 9.42. The van der Waals surface area contributed by atoms with Crippen LogP contribution in [0.2, 0.25) is 0 Å². The first-order valence-corrected chi connectivity index (χ1v) is 11.5. The van der Waals surface area contributed by atoms with E-state index in [1.807, 2.05) is 0 Å². The summed E-state index contributed by atoms with van der Waals surface area (Å²) in [6.07, 6.45) is 4.67. The highest BCUT2D eigenvalue weighted by atomic mass is 32.2. The molecule has 1 aromatic carbocycles. The normalized spacial score (nSPS) is 19.1. The molecule has 2 fully saturated rings. The summed E-state index contributed by atoms with van der Waals surface area (Å²) in [4.78, 5) is 24.7. The van der Waals surface area contributed by atoms with E-state index < -0.39 is 22.1 Å². The molecule has 0 bridgehead atoms. The summed E-state index contributed by atoms with van der Waals surface area (Å²) in [5.41, 5.74) is 0.0593. The fraction of sp³-hybridized carbons (Fsp3) is 0.600. The van der Waals surface area contributed by atoms with Crippen molar-refractivity contribution in [2.45, 2.75) is 62.5 Å². The lowest BCUT2D eigenvalue weighted by Gasteiger charge is -2.19. The minimum absolute atomic E-state index is 0.0593. The van der Waals surface area contributed by atoms with Gasteiger partial charge < -0.3 is 14.8 Å². The van der Waals surface area contributed by atoms with Gasteiger partial charge in [0.1, 0.15) is 10.6 Å². The molecule has 1 aliphatic carbocycles. The maximum atomic E-state index is 12.9. The second-order valence-electron chi connectivity index (χ2n) is 7.51. The van der Waals surface area contributed by atoms with E-state index in [1.54, 1.807) is 0 Å². The van der Waals surface area contributed by atoms with Gasteiger partial charge in [0.2, 0.25) is 10.0 Å². The molecule has 2 aliphatic rings. The SMILES string of the molecule is COc1ccc(C(=O)OC(C)C(=O)NC2CCCC2)cc1S(=O)(=O)N1CCCC1. The first-order chi connectivity index (χ1) is 13.8. The molecule has 1 saturated heterocycles. The van der Waals surface area contributed by atoms with Gasteiger partial charge in [-0.2, -0.15) is 4.31 Å². The Bertz CT molecular complexity index is 858. The van der Waals surface area contributed by atoms with Crippen molar-refractivity contribution in [2.75, 3.05) is 20.2 Å². The summed E-state index contributed by atoms with van der Waals surface area (Å²) >= 11 is 0. The van der Waals surface area contributed by atoms with Crippen LogP contribution in [0, 0.1) is 0 Å². The Labute approximate surface area is 171 Å². The second kappa shape index (κ2) is 9.13. The minimum Gasteiger partial charge on any atom is -0.495 e. The van der Waals surface area contributed by atoms with Gasteiger partial charge in [-0.05, 0) is 50.8 Å². The van der Waals surface area contributed by atoms with Crippen LogP contribution in [-0.2, 0) is 19.6 Å². The summed E-state index contributed by atoms with van der Waals surface area (Å²) in [7, 11) is -2.40. The molecule has 0 spiro atoms. The Morgan fingerprint density at radius 2 is 1.79 bits per heavy atom. The molecule has 1 N–H and O–H groups in total. The number of carbonyl (C=O) groups excluding carboxylic acids is 2. The molecule has 1 saturated carbocycles. The Morgan fingerprint density at radius 1 is 1.14 bits per heavy atom. The zero-order valence-electron chi connectivity index (χ0n) is 16.8. The molecule has 1 unspecified atom stereocenters. The van der Waals surface area contributed by atoms with Crippen LogP contribution < -0.4 is 10.1 Å². The third kappa shape index (κ3) is 4.90. The van der Waals surface area contributed by atoms with Gasteiger partial charge in [0.25, 0.3) is 5.91 Å². The van der Waals surface area contributed by atoms with Crippen LogP contribution in [-0.4, -0.2) is 56.9 Å². The van der Waals surface area contributed by atoms with E-state index in [0.717, 1.165) is 38.5 Å². The van der Waals surface area contributed by atoms with Crippen LogP contribution in [0.4, 0.5) is 0 Å². The van der Waals surface area contributed by atoms with Crippen molar-refractivity contribution >= 4 is 21.9 Å². The largest absolute Gasteiger partial charge is 0.495 e. The number of amides is 1. The number of ether oxygens (including phenoxy) is 2. The number of nitrogens with one attached hydrogen (secondary N) is 1. The van der Waals surface area contributed by atoms with E-state index in [4.69, 9.17) is 9.47 Å². The van der Waals surface area contributed by atoms with E-state index in [2.05, 4.69) is 5.32 Å². The van der Waals surface area contributed by atoms with Gasteiger partial charge in [0.15, 0.2) is 6.10 Å². The lowest BCUT2D eigenvalue weighted by Crippen LogP contribution is -2.40. The average molecular weight is 425 g/mol. The highest BCUT2D eigenvalue weighted by molar-refractivity contribution is 7.89. The van der Waals surface area contributed by atoms with Crippen LogP contribution in [0.1, 0.15) is 55.8 Å². The van der Waals surface area contributed by atoms with Crippen LogP contribution in [0.3, 0.4) is 0 Å². The number of hydrogen-bond acceptors (Lipinski definition) is 6. The number of esters is 1. The third-order valence-electron chi connectivity index (χ3n) is 5.44. The molecule has 1 aliphatic heterocycles. The Morgan fingerprint density at radius 3 is 2.41 bits per heavy atom. The highest BCUT2D eigenvalue weighted by Gasteiger charge is 2.31. The zero-order chi connectivity index (χ0) is 21.0. The highest BCUT2D eigenvalue weighted by Crippen LogP contribution is 2.30. The van der Waals surface area contributed by atoms with Crippen LogP contribution in [0.5, 0.6) is 5.75 Å². The summed E-state index contributed by atoms with van der Waals surface area (Å²) < 4.78 is 37.7. The number of sulfonamides is 1. The van der Waals surface area contributed by atoms with Crippen LogP contribution in [0.15, 0.2) is 23.1 Å². The molecule has 0 radical (unpaired) electrons. The first-order valence-electron chi connectivity index (χ1n) is 10.0. The molecule has 29 heavy (non-hydrogen) atoms. The van der Waals surface area contributed by atoms with Gasteiger partial charge in [0, 0.05) is 19.1 Å². The van der Waals surface area contributed by atoms with E-state index >= 15 is 0 Å². The molecular weight excluding hydrogens is 396 g/mol. The van der Waals surface area contributed by atoms with E-state index in [0.29, 0.717) is 13.1 Å². The Balaban J connectivity index is 1.74. The van der Waals surface area contributed by atoms with Gasteiger partial charge in [-0.3, -0.25) is 4.79 Å². The van der Waals surface area contributed by atoms with Gasteiger partial charge in [-0.1, -0.05) is 12.8 Å². The number of hydrogen-bond donors (Lipinski definition) is 1. The molecule has 1 heterocycles. The number of benzene rings is 1. The molecule has 1 amide bonds. The van der Waals surface area contributed by atoms with Gasteiger partial charge in [0.05, 0.1) is 12.7 Å². The van der Waals surface area contributed by atoms with Crippen molar-refractivity contribution < 1.29 is 27.5 Å².